The molecule has 1 fully saturated rings. The van der Waals surface area contributed by atoms with Crippen LogP contribution in [-0.4, -0.2) is 14.8 Å². The topological polar surface area (TPSA) is 30.7 Å². The highest BCUT2D eigenvalue weighted by Gasteiger charge is 2.16. The quantitative estimate of drug-likeness (QED) is 0.797. The summed E-state index contributed by atoms with van der Waals surface area (Å²) in [5.74, 6) is 0.168. The molecule has 0 saturated heterocycles. The lowest BCUT2D eigenvalue weighted by Crippen LogP contribution is -2.07. The normalized spacial score (nSPS) is 16.1. The molecule has 100 valence electrons. The van der Waals surface area contributed by atoms with Gasteiger partial charge in [0.15, 0.2) is 0 Å². The van der Waals surface area contributed by atoms with Gasteiger partial charge >= 0.3 is 0 Å². The van der Waals surface area contributed by atoms with Crippen LogP contribution in [0.1, 0.15) is 25.7 Å². The van der Waals surface area contributed by atoms with Gasteiger partial charge in [0.1, 0.15) is 5.15 Å². The maximum atomic E-state index is 12.9. The summed E-state index contributed by atoms with van der Waals surface area (Å²) in [6.45, 7) is 0.951. The molecule has 3 rings (SSSR count). The minimum Gasteiger partial charge on any atom is -0.272 e. The van der Waals surface area contributed by atoms with Gasteiger partial charge in [0.25, 0.3) is 0 Å². The van der Waals surface area contributed by atoms with Crippen molar-refractivity contribution in [3.8, 4) is 11.1 Å². The van der Waals surface area contributed by atoms with Crippen LogP contribution >= 0.6 is 11.6 Å². The number of aromatic nitrogens is 3. The van der Waals surface area contributed by atoms with E-state index < -0.39 is 5.95 Å². The van der Waals surface area contributed by atoms with Crippen molar-refractivity contribution in [1.82, 2.24) is 14.8 Å². The van der Waals surface area contributed by atoms with Crippen LogP contribution in [0.2, 0.25) is 5.15 Å². The Morgan fingerprint density at radius 2 is 2.11 bits per heavy atom. The van der Waals surface area contributed by atoms with Crippen LogP contribution in [0, 0.1) is 11.9 Å². The fraction of sp³-hybridized carbons (Fsp3) is 0.429. The predicted octanol–water partition coefficient (Wildman–Crippen LogP) is 3.93. The first-order valence-corrected chi connectivity index (χ1v) is 6.95. The third kappa shape index (κ3) is 2.78. The molecule has 0 bridgehead atoms. The highest BCUT2D eigenvalue weighted by molar-refractivity contribution is 6.32. The Bertz CT molecular complexity index is 576. The van der Waals surface area contributed by atoms with Crippen molar-refractivity contribution < 1.29 is 4.39 Å². The zero-order chi connectivity index (χ0) is 13.2. The van der Waals surface area contributed by atoms with Gasteiger partial charge in [0.2, 0.25) is 5.95 Å². The van der Waals surface area contributed by atoms with Crippen molar-refractivity contribution >= 4 is 11.6 Å². The third-order valence-corrected chi connectivity index (χ3v) is 3.97. The molecule has 1 aliphatic rings. The van der Waals surface area contributed by atoms with Crippen molar-refractivity contribution in [2.45, 2.75) is 32.2 Å². The molecule has 0 amide bonds. The summed E-state index contributed by atoms with van der Waals surface area (Å²) >= 11 is 5.96. The van der Waals surface area contributed by atoms with Gasteiger partial charge in [-0.2, -0.15) is 9.49 Å². The number of nitrogens with zero attached hydrogens (tertiary/aromatic N) is 3. The summed E-state index contributed by atoms with van der Waals surface area (Å²) < 4.78 is 14.9. The molecule has 2 aromatic heterocycles. The molecule has 0 N–H and O–H groups in total. The summed E-state index contributed by atoms with van der Waals surface area (Å²) in [5, 5.41) is 4.54. The summed E-state index contributed by atoms with van der Waals surface area (Å²) in [6, 6.07) is 2.96. The van der Waals surface area contributed by atoms with Gasteiger partial charge in [-0.3, -0.25) is 4.68 Å². The minimum absolute atomic E-state index is 0.181. The van der Waals surface area contributed by atoms with Crippen molar-refractivity contribution in [1.29, 1.82) is 0 Å². The summed E-state index contributed by atoms with van der Waals surface area (Å²) in [7, 11) is 0. The van der Waals surface area contributed by atoms with Gasteiger partial charge in [0.05, 0.1) is 6.20 Å². The molecular weight excluding hydrogens is 265 g/mol. The van der Waals surface area contributed by atoms with Crippen molar-refractivity contribution in [3.63, 3.8) is 0 Å². The second-order valence-corrected chi connectivity index (χ2v) is 5.43. The fourth-order valence-corrected chi connectivity index (χ4v) is 2.94. The summed E-state index contributed by atoms with van der Waals surface area (Å²) in [5.41, 5.74) is 1.61. The Hall–Kier alpha value is -1.42. The second kappa shape index (κ2) is 5.29. The number of rotatable bonds is 3. The van der Waals surface area contributed by atoms with Gasteiger partial charge in [-0.1, -0.05) is 24.4 Å². The van der Waals surface area contributed by atoms with E-state index in [1.165, 1.54) is 31.7 Å². The van der Waals surface area contributed by atoms with Crippen molar-refractivity contribution in [3.05, 3.63) is 35.6 Å². The molecule has 0 radical (unpaired) electrons. The van der Waals surface area contributed by atoms with Crippen LogP contribution in [0.15, 0.2) is 24.5 Å². The summed E-state index contributed by atoms with van der Waals surface area (Å²) in [4.78, 5) is 3.62. The average molecular weight is 280 g/mol. The van der Waals surface area contributed by atoms with Crippen LogP contribution in [0.25, 0.3) is 11.1 Å². The maximum absolute atomic E-state index is 12.9. The first-order valence-electron chi connectivity index (χ1n) is 6.57. The van der Waals surface area contributed by atoms with Crippen LogP contribution < -0.4 is 0 Å². The number of pyridine rings is 1. The van der Waals surface area contributed by atoms with E-state index in [1.807, 2.05) is 10.9 Å². The van der Waals surface area contributed by atoms with Gasteiger partial charge in [-0.15, -0.1) is 0 Å². The molecule has 1 aliphatic carbocycles. The summed E-state index contributed by atoms with van der Waals surface area (Å²) in [6.07, 6.45) is 8.94. The van der Waals surface area contributed by atoms with Gasteiger partial charge in [-0.25, -0.2) is 4.98 Å². The first-order chi connectivity index (χ1) is 9.22. The molecule has 0 atom stereocenters. The Kier molecular flexibility index (Phi) is 3.51. The molecule has 5 heteroatoms. The van der Waals surface area contributed by atoms with E-state index in [0.717, 1.165) is 23.6 Å². The molecule has 0 spiro atoms. The number of hydrogen-bond acceptors (Lipinski definition) is 2. The zero-order valence-corrected chi connectivity index (χ0v) is 11.3. The zero-order valence-electron chi connectivity index (χ0n) is 10.5. The lowest BCUT2D eigenvalue weighted by Gasteiger charge is -2.08. The maximum Gasteiger partial charge on any atom is 0.214 e. The van der Waals surface area contributed by atoms with Crippen LogP contribution in [0.3, 0.4) is 0 Å². The van der Waals surface area contributed by atoms with E-state index >= 15 is 0 Å². The van der Waals surface area contributed by atoms with E-state index in [0.29, 0.717) is 0 Å². The standard InChI is InChI=1S/C14H15ClFN3/c15-14-12(5-6-13(16)18-14)11-7-17-19(9-11)8-10-3-1-2-4-10/h5-7,9-10H,1-4,8H2. The number of halogens is 2. The minimum atomic E-state index is -0.563. The average Bonchev–Trinajstić information content (AvgIpc) is 3.01. The molecule has 3 nitrogen and oxygen atoms in total. The highest BCUT2D eigenvalue weighted by Crippen LogP contribution is 2.28. The first kappa shape index (κ1) is 12.6. The van der Waals surface area contributed by atoms with Crippen molar-refractivity contribution in [2.24, 2.45) is 5.92 Å². The van der Waals surface area contributed by atoms with Crippen molar-refractivity contribution in [2.75, 3.05) is 0 Å². The molecule has 2 heterocycles. The molecule has 0 unspecified atom stereocenters. The number of hydrogen-bond donors (Lipinski definition) is 0. The Labute approximate surface area is 116 Å². The lowest BCUT2D eigenvalue weighted by molar-refractivity contribution is 0.429. The molecule has 1 saturated carbocycles. The van der Waals surface area contributed by atoms with Gasteiger partial charge in [-0.05, 0) is 30.9 Å². The molecular formula is C14H15ClFN3. The monoisotopic (exact) mass is 279 g/mol. The van der Waals surface area contributed by atoms with E-state index in [9.17, 15) is 4.39 Å². The second-order valence-electron chi connectivity index (χ2n) is 5.07. The third-order valence-electron chi connectivity index (χ3n) is 3.68. The lowest BCUT2D eigenvalue weighted by atomic mass is 10.1. The smallest absolute Gasteiger partial charge is 0.214 e. The Balaban J connectivity index is 1.80. The predicted molar refractivity (Wildman–Crippen MR) is 72.4 cm³/mol. The Morgan fingerprint density at radius 1 is 1.32 bits per heavy atom. The van der Waals surface area contributed by atoms with Crippen LogP contribution in [0.4, 0.5) is 4.39 Å². The SMILES string of the molecule is Fc1ccc(-c2cnn(CC3CCCC3)c2)c(Cl)n1. The molecule has 0 aliphatic heterocycles. The van der Waals surface area contributed by atoms with E-state index in [1.54, 1.807) is 12.3 Å². The van der Waals surface area contributed by atoms with Crippen LogP contribution in [0.5, 0.6) is 0 Å². The molecule has 2 aromatic rings. The van der Waals surface area contributed by atoms with E-state index in [4.69, 9.17) is 11.6 Å². The Morgan fingerprint density at radius 3 is 2.84 bits per heavy atom. The highest BCUT2D eigenvalue weighted by atomic mass is 35.5. The molecule has 19 heavy (non-hydrogen) atoms. The largest absolute Gasteiger partial charge is 0.272 e. The van der Waals surface area contributed by atoms with Gasteiger partial charge < -0.3 is 0 Å². The van der Waals surface area contributed by atoms with Crippen LogP contribution in [-0.2, 0) is 6.54 Å². The van der Waals surface area contributed by atoms with E-state index in [2.05, 4.69) is 10.1 Å². The fourth-order valence-electron chi connectivity index (χ4n) is 2.69. The van der Waals surface area contributed by atoms with Gasteiger partial charge in [0, 0.05) is 23.9 Å². The molecule has 0 aromatic carbocycles. The van der Waals surface area contributed by atoms with E-state index in [-0.39, 0.29) is 5.15 Å².